The van der Waals surface area contributed by atoms with Crippen molar-refractivity contribution >= 4 is 0 Å². The summed E-state index contributed by atoms with van der Waals surface area (Å²) < 4.78 is 1.78. The molecule has 0 amide bonds. The van der Waals surface area contributed by atoms with E-state index in [9.17, 15) is 4.79 Å². The Morgan fingerprint density at radius 3 is 2.88 bits per heavy atom. The number of hydrogen-bond donors (Lipinski definition) is 1. The molecule has 0 aliphatic carbocycles. The van der Waals surface area contributed by atoms with Crippen LogP contribution in [0.15, 0.2) is 29.2 Å². The summed E-state index contributed by atoms with van der Waals surface area (Å²) in [5, 5.41) is 3.39. The minimum Gasteiger partial charge on any atom is -0.316 e. The highest BCUT2D eigenvalue weighted by Crippen LogP contribution is 2.01. The molecule has 3 nitrogen and oxygen atoms in total. The molecule has 0 aromatic carbocycles. The van der Waals surface area contributed by atoms with E-state index >= 15 is 0 Å². The third-order valence-corrected chi connectivity index (χ3v) is 2.74. The molecule has 0 aliphatic heterocycles. The molecule has 0 saturated heterocycles. The molecule has 1 atom stereocenters. The van der Waals surface area contributed by atoms with Crippen LogP contribution in [0.2, 0.25) is 0 Å². The maximum absolute atomic E-state index is 11.4. The number of aromatic nitrogens is 1. The normalized spacial score (nSPS) is 12.6. The van der Waals surface area contributed by atoms with Gasteiger partial charge in [0.25, 0.3) is 0 Å². The van der Waals surface area contributed by atoms with E-state index < -0.39 is 0 Å². The van der Waals surface area contributed by atoms with Crippen LogP contribution in [0.25, 0.3) is 0 Å². The Morgan fingerprint density at radius 1 is 1.38 bits per heavy atom. The van der Waals surface area contributed by atoms with Gasteiger partial charge in [0, 0.05) is 24.8 Å². The molecule has 0 radical (unpaired) electrons. The van der Waals surface area contributed by atoms with Crippen LogP contribution in [0.5, 0.6) is 0 Å². The van der Waals surface area contributed by atoms with Crippen molar-refractivity contribution in [3.8, 4) is 0 Å². The van der Waals surface area contributed by atoms with Crippen molar-refractivity contribution in [2.45, 2.75) is 45.7 Å². The average Bonchev–Trinajstić information content (AvgIpc) is 2.27. The molecule has 1 N–H and O–H groups in total. The molecule has 0 spiro atoms. The molecule has 1 aromatic heterocycles. The predicted octanol–water partition coefficient (Wildman–Crippen LogP) is 2.02. The van der Waals surface area contributed by atoms with Gasteiger partial charge < -0.3 is 9.88 Å². The Labute approximate surface area is 97.5 Å². The Kier molecular flexibility index (Phi) is 5.86. The highest BCUT2D eigenvalue weighted by Gasteiger charge is 1.99. The second kappa shape index (κ2) is 7.23. The van der Waals surface area contributed by atoms with Crippen LogP contribution in [0.1, 0.15) is 33.1 Å². The SMILES string of the molecule is CCNC(C)CCCCn1ccccc1=O. The van der Waals surface area contributed by atoms with Gasteiger partial charge in [0.05, 0.1) is 0 Å². The van der Waals surface area contributed by atoms with Crippen LogP contribution in [-0.4, -0.2) is 17.2 Å². The first kappa shape index (κ1) is 13.0. The van der Waals surface area contributed by atoms with Crippen molar-refractivity contribution in [3.63, 3.8) is 0 Å². The summed E-state index contributed by atoms with van der Waals surface area (Å²) in [6.45, 7) is 6.19. The fraction of sp³-hybridized carbons (Fsp3) is 0.615. The zero-order chi connectivity index (χ0) is 11.8. The quantitative estimate of drug-likeness (QED) is 0.716. The zero-order valence-electron chi connectivity index (χ0n) is 10.3. The van der Waals surface area contributed by atoms with Crippen LogP contribution in [0.3, 0.4) is 0 Å². The fourth-order valence-corrected chi connectivity index (χ4v) is 1.83. The van der Waals surface area contributed by atoms with Gasteiger partial charge in [-0.05, 0) is 32.4 Å². The minimum absolute atomic E-state index is 0.0993. The molecule has 3 heteroatoms. The van der Waals surface area contributed by atoms with Gasteiger partial charge in [-0.25, -0.2) is 0 Å². The van der Waals surface area contributed by atoms with Gasteiger partial charge in [-0.1, -0.05) is 19.4 Å². The third-order valence-electron chi connectivity index (χ3n) is 2.74. The first-order valence-electron chi connectivity index (χ1n) is 6.13. The summed E-state index contributed by atoms with van der Waals surface area (Å²) in [5.74, 6) is 0. The zero-order valence-corrected chi connectivity index (χ0v) is 10.3. The molecule has 0 bridgehead atoms. The Morgan fingerprint density at radius 2 is 2.19 bits per heavy atom. The van der Waals surface area contributed by atoms with Crippen LogP contribution in [0, 0.1) is 0 Å². The molecule has 1 heterocycles. The van der Waals surface area contributed by atoms with Gasteiger partial charge in [0.15, 0.2) is 0 Å². The summed E-state index contributed by atoms with van der Waals surface area (Å²) in [4.78, 5) is 11.4. The highest BCUT2D eigenvalue weighted by atomic mass is 16.1. The summed E-state index contributed by atoms with van der Waals surface area (Å²) in [5.41, 5.74) is 0.0993. The average molecular weight is 222 g/mol. The smallest absolute Gasteiger partial charge is 0.250 e. The maximum atomic E-state index is 11.4. The number of hydrogen-bond acceptors (Lipinski definition) is 2. The molecule has 0 aliphatic rings. The van der Waals surface area contributed by atoms with Gasteiger partial charge in [-0.15, -0.1) is 0 Å². The number of rotatable bonds is 7. The lowest BCUT2D eigenvalue weighted by Crippen LogP contribution is -2.25. The van der Waals surface area contributed by atoms with E-state index in [4.69, 9.17) is 0 Å². The van der Waals surface area contributed by atoms with E-state index in [2.05, 4.69) is 19.2 Å². The summed E-state index contributed by atoms with van der Waals surface area (Å²) in [7, 11) is 0. The third kappa shape index (κ3) is 4.62. The lowest BCUT2D eigenvalue weighted by molar-refractivity contribution is 0.483. The molecule has 16 heavy (non-hydrogen) atoms. The lowest BCUT2D eigenvalue weighted by Gasteiger charge is -2.11. The second-order valence-electron chi connectivity index (χ2n) is 4.19. The molecule has 1 unspecified atom stereocenters. The topological polar surface area (TPSA) is 34.0 Å². The Balaban J connectivity index is 2.21. The van der Waals surface area contributed by atoms with Crippen molar-refractivity contribution in [2.75, 3.05) is 6.54 Å². The van der Waals surface area contributed by atoms with Crippen molar-refractivity contribution in [1.82, 2.24) is 9.88 Å². The van der Waals surface area contributed by atoms with E-state index in [1.54, 1.807) is 16.7 Å². The van der Waals surface area contributed by atoms with Crippen molar-refractivity contribution < 1.29 is 0 Å². The lowest BCUT2D eigenvalue weighted by atomic mass is 10.1. The van der Waals surface area contributed by atoms with Gasteiger partial charge in [0.1, 0.15) is 0 Å². The van der Waals surface area contributed by atoms with E-state index in [0.717, 1.165) is 25.9 Å². The van der Waals surface area contributed by atoms with E-state index in [1.807, 2.05) is 12.3 Å². The van der Waals surface area contributed by atoms with Crippen LogP contribution < -0.4 is 10.9 Å². The molecule has 1 rings (SSSR count). The standard InChI is InChI=1S/C13H22N2O/c1-3-14-12(2)8-4-6-10-15-11-7-5-9-13(15)16/h5,7,9,11-12,14H,3-4,6,8,10H2,1-2H3. The Bertz CT molecular complexity index is 346. The van der Waals surface area contributed by atoms with E-state index in [0.29, 0.717) is 6.04 Å². The molecule has 90 valence electrons. The van der Waals surface area contributed by atoms with E-state index in [1.165, 1.54) is 6.42 Å². The first-order valence-corrected chi connectivity index (χ1v) is 6.13. The van der Waals surface area contributed by atoms with Crippen molar-refractivity contribution in [3.05, 3.63) is 34.7 Å². The van der Waals surface area contributed by atoms with Gasteiger partial charge in [-0.3, -0.25) is 4.79 Å². The molecule has 1 aromatic rings. The predicted molar refractivity (Wildman–Crippen MR) is 67.7 cm³/mol. The largest absolute Gasteiger partial charge is 0.316 e. The Hall–Kier alpha value is -1.09. The number of nitrogens with one attached hydrogen (secondary N) is 1. The number of nitrogens with zero attached hydrogens (tertiary/aromatic N) is 1. The van der Waals surface area contributed by atoms with Crippen LogP contribution in [-0.2, 0) is 6.54 Å². The number of aryl methyl sites for hydroxylation is 1. The fourth-order valence-electron chi connectivity index (χ4n) is 1.83. The van der Waals surface area contributed by atoms with Gasteiger partial charge in [0.2, 0.25) is 5.56 Å². The first-order chi connectivity index (χ1) is 7.74. The number of unbranched alkanes of at least 4 members (excludes halogenated alkanes) is 1. The maximum Gasteiger partial charge on any atom is 0.250 e. The van der Waals surface area contributed by atoms with E-state index in [-0.39, 0.29) is 5.56 Å². The highest BCUT2D eigenvalue weighted by molar-refractivity contribution is 4.92. The van der Waals surface area contributed by atoms with Gasteiger partial charge >= 0.3 is 0 Å². The summed E-state index contributed by atoms with van der Waals surface area (Å²) >= 11 is 0. The molecule has 0 fully saturated rings. The van der Waals surface area contributed by atoms with Crippen LogP contribution in [0.4, 0.5) is 0 Å². The van der Waals surface area contributed by atoms with Crippen molar-refractivity contribution in [2.24, 2.45) is 0 Å². The van der Waals surface area contributed by atoms with Crippen LogP contribution >= 0.6 is 0 Å². The monoisotopic (exact) mass is 222 g/mol. The van der Waals surface area contributed by atoms with Gasteiger partial charge in [-0.2, -0.15) is 0 Å². The minimum atomic E-state index is 0.0993. The van der Waals surface area contributed by atoms with Crippen molar-refractivity contribution in [1.29, 1.82) is 0 Å². The second-order valence-corrected chi connectivity index (χ2v) is 4.19. The molecular formula is C13H22N2O. The summed E-state index contributed by atoms with van der Waals surface area (Å²) in [6, 6.07) is 5.88. The molecular weight excluding hydrogens is 200 g/mol. The number of pyridine rings is 1. The molecule has 0 saturated carbocycles. The summed E-state index contributed by atoms with van der Waals surface area (Å²) in [6.07, 6.45) is 5.26.